The first-order valence-electron chi connectivity index (χ1n) is 8.15. The van der Waals surface area contributed by atoms with E-state index >= 15 is 0 Å². The molecule has 6 nitrogen and oxygen atoms in total. The number of nitrogens with one attached hydrogen (secondary N) is 1. The van der Waals surface area contributed by atoms with Crippen molar-refractivity contribution in [1.82, 2.24) is 14.9 Å². The van der Waals surface area contributed by atoms with Crippen LogP contribution in [0.2, 0.25) is 0 Å². The zero-order valence-electron chi connectivity index (χ0n) is 13.2. The minimum Gasteiger partial charge on any atom is -0.381 e. The molecule has 2 heterocycles. The summed E-state index contributed by atoms with van der Waals surface area (Å²) in [6, 6.07) is 5.72. The van der Waals surface area contributed by atoms with E-state index in [2.05, 4.69) is 9.97 Å². The second kappa shape index (κ2) is 5.94. The molecular weight excluding hydrogens is 294 g/mol. The van der Waals surface area contributed by atoms with Gasteiger partial charge in [-0.05, 0) is 37.5 Å². The molecule has 1 saturated carbocycles. The Kier molecular flexibility index (Phi) is 3.79. The quantitative estimate of drug-likeness (QED) is 0.920. The van der Waals surface area contributed by atoms with Crippen LogP contribution in [-0.2, 0) is 9.47 Å². The van der Waals surface area contributed by atoms with E-state index in [4.69, 9.17) is 9.47 Å². The summed E-state index contributed by atoms with van der Waals surface area (Å²) in [5, 5.41) is 0. The van der Waals surface area contributed by atoms with Gasteiger partial charge in [0, 0.05) is 19.2 Å². The number of nitrogens with zero attached hydrogens (tertiary/aromatic N) is 2. The number of aromatic amines is 1. The van der Waals surface area contributed by atoms with Gasteiger partial charge in [0.05, 0.1) is 42.2 Å². The van der Waals surface area contributed by atoms with E-state index in [0.717, 1.165) is 30.3 Å². The van der Waals surface area contributed by atoms with Gasteiger partial charge in [-0.2, -0.15) is 0 Å². The number of methoxy groups -OCH3 is 1. The first-order valence-corrected chi connectivity index (χ1v) is 8.15. The molecule has 1 aliphatic carbocycles. The lowest BCUT2D eigenvalue weighted by Gasteiger charge is -2.45. The van der Waals surface area contributed by atoms with Gasteiger partial charge in [-0.15, -0.1) is 0 Å². The summed E-state index contributed by atoms with van der Waals surface area (Å²) in [6.07, 6.45) is 4.79. The average Bonchev–Trinajstić information content (AvgIpc) is 3.07. The number of rotatable bonds is 2. The van der Waals surface area contributed by atoms with Crippen LogP contribution in [0, 0.1) is 0 Å². The molecular formula is C17H21N3O3. The van der Waals surface area contributed by atoms with E-state index in [1.807, 2.05) is 23.1 Å². The molecule has 4 rings (SSSR count). The third kappa shape index (κ3) is 2.62. The summed E-state index contributed by atoms with van der Waals surface area (Å²) in [5.41, 5.74) is 2.46. The van der Waals surface area contributed by atoms with Crippen LogP contribution in [-0.4, -0.2) is 59.3 Å². The van der Waals surface area contributed by atoms with Crippen LogP contribution in [0.15, 0.2) is 24.5 Å². The number of benzene rings is 1. The highest BCUT2D eigenvalue weighted by atomic mass is 16.5. The van der Waals surface area contributed by atoms with Crippen LogP contribution in [0.5, 0.6) is 0 Å². The lowest BCUT2D eigenvalue weighted by atomic mass is 9.87. The van der Waals surface area contributed by atoms with Gasteiger partial charge >= 0.3 is 0 Å². The summed E-state index contributed by atoms with van der Waals surface area (Å²) >= 11 is 0. The minimum atomic E-state index is 0.0663. The molecule has 2 aromatic rings. The van der Waals surface area contributed by atoms with Gasteiger partial charge in [0.1, 0.15) is 0 Å². The Morgan fingerprint density at radius 1 is 1.43 bits per heavy atom. The Bertz CT molecular complexity index is 714. The van der Waals surface area contributed by atoms with E-state index in [1.54, 1.807) is 13.4 Å². The van der Waals surface area contributed by atoms with Crippen molar-refractivity contribution in [3.05, 3.63) is 30.1 Å². The predicted molar refractivity (Wildman–Crippen MR) is 85.3 cm³/mol. The number of carbonyl (C=O) groups excluding carboxylic acids is 1. The highest BCUT2D eigenvalue weighted by Crippen LogP contribution is 2.31. The third-order valence-corrected chi connectivity index (χ3v) is 5.03. The molecule has 6 heteroatoms. The van der Waals surface area contributed by atoms with Crippen LogP contribution in [0.3, 0.4) is 0 Å². The fourth-order valence-corrected chi connectivity index (χ4v) is 3.77. The van der Waals surface area contributed by atoms with Gasteiger partial charge in [-0.3, -0.25) is 4.79 Å². The SMILES string of the molecule is CO[C@@H]1CC[C@@H]2OCCN(C(=O)c3ccc4nc[nH]c4c3)[C@@H]2C1. The van der Waals surface area contributed by atoms with Crippen molar-refractivity contribution in [3.8, 4) is 0 Å². The largest absolute Gasteiger partial charge is 0.381 e. The second-order valence-corrected chi connectivity index (χ2v) is 6.28. The molecule has 0 unspecified atom stereocenters. The van der Waals surface area contributed by atoms with E-state index in [9.17, 15) is 4.79 Å². The molecule has 0 radical (unpaired) electrons. The van der Waals surface area contributed by atoms with E-state index in [1.165, 1.54) is 0 Å². The van der Waals surface area contributed by atoms with Gasteiger partial charge in [0.15, 0.2) is 0 Å². The van der Waals surface area contributed by atoms with Gasteiger partial charge in [-0.25, -0.2) is 4.98 Å². The molecule has 122 valence electrons. The van der Waals surface area contributed by atoms with Crippen LogP contribution >= 0.6 is 0 Å². The monoisotopic (exact) mass is 315 g/mol. The molecule has 1 aliphatic heterocycles. The van der Waals surface area contributed by atoms with E-state index in [-0.39, 0.29) is 24.2 Å². The zero-order valence-corrected chi connectivity index (χ0v) is 13.2. The van der Waals surface area contributed by atoms with Crippen molar-refractivity contribution in [2.24, 2.45) is 0 Å². The lowest BCUT2D eigenvalue weighted by Crippen LogP contribution is -2.56. The molecule has 1 aromatic carbocycles. The van der Waals surface area contributed by atoms with Crippen molar-refractivity contribution in [2.45, 2.75) is 37.5 Å². The van der Waals surface area contributed by atoms with Crippen LogP contribution in [0.1, 0.15) is 29.6 Å². The van der Waals surface area contributed by atoms with Crippen LogP contribution in [0.4, 0.5) is 0 Å². The van der Waals surface area contributed by atoms with Crippen molar-refractivity contribution in [2.75, 3.05) is 20.3 Å². The van der Waals surface area contributed by atoms with E-state index in [0.29, 0.717) is 18.7 Å². The van der Waals surface area contributed by atoms with Crippen molar-refractivity contribution < 1.29 is 14.3 Å². The molecule has 2 aliphatic rings. The number of ether oxygens (including phenoxy) is 2. The third-order valence-electron chi connectivity index (χ3n) is 5.03. The molecule has 2 fully saturated rings. The average molecular weight is 315 g/mol. The normalized spacial score (nSPS) is 27.9. The standard InChI is InChI=1S/C17H21N3O3/c1-22-12-3-5-16-15(9-12)20(6-7-23-16)17(21)11-2-4-13-14(8-11)19-10-18-13/h2,4,8,10,12,15-16H,3,5-7,9H2,1H3,(H,18,19)/t12-,15-,16+/m1/s1. The Hall–Kier alpha value is -1.92. The Balaban J connectivity index is 1.60. The molecule has 3 atom stereocenters. The second-order valence-electron chi connectivity index (χ2n) is 6.28. The van der Waals surface area contributed by atoms with Gasteiger partial charge < -0.3 is 19.4 Å². The summed E-state index contributed by atoms with van der Waals surface area (Å²) in [7, 11) is 1.74. The Labute approximate surface area is 134 Å². The first kappa shape index (κ1) is 14.7. The predicted octanol–water partition coefficient (Wildman–Crippen LogP) is 1.97. The topological polar surface area (TPSA) is 67.5 Å². The molecule has 0 bridgehead atoms. The Morgan fingerprint density at radius 2 is 2.35 bits per heavy atom. The van der Waals surface area contributed by atoms with Crippen LogP contribution < -0.4 is 0 Å². The zero-order chi connectivity index (χ0) is 15.8. The number of carbonyl (C=O) groups is 1. The maximum atomic E-state index is 13.0. The maximum Gasteiger partial charge on any atom is 0.254 e. The number of morpholine rings is 1. The van der Waals surface area contributed by atoms with Crippen molar-refractivity contribution in [1.29, 1.82) is 0 Å². The summed E-state index contributed by atoms with van der Waals surface area (Å²) in [4.78, 5) is 22.2. The molecule has 1 amide bonds. The van der Waals surface area contributed by atoms with Gasteiger partial charge in [0.25, 0.3) is 5.91 Å². The number of H-pyrrole nitrogens is 1. The summed E-state index contributed by atoms with van der Waals surface area (Å²) in [6.45, 7) is 1.24. The molecule has 23 heavy (non-hydrogen) atoms. The van der Waals surface area contributed by atoms with Crippen molar-refractivity contribution in [3.63, 3.8) is 0 Å². The molecule has 0 spiro atoms. The molecule has 1 saturated heterocycles. The summed E-state index contributed by atoms with van der Waals surface area (Å²) < 4.78 is 11.4. The van der Waals surface area contributed by atoms with Crippen LogP contribution in [0.25, 0.3) is 11.0 Å². The van der Waals surface area contributed by atoms with Gasteiger partial charge in [0.2, 0.25) is 0 Å². The number of hydrogen-bond acceptors (Lipinski definition) is 4. The summed E-state index contributed by atoms with van der Waals surface area (Å²) in [5.74, 6) is 0.0663. The molecule has 1 N–H and O–H groups in total. The number of amides is 1. The number of hydrogen-bond donors (Lipinski definition) is 1. The lowest BCUT2D eigenvalue weighted by molar-refractivity contribution is -0.101. The fourth-order valence-electron chi connectivity index (χ4n) is 3.77. The Morgan fingerprint density at radius 3 is 3.22 bits per heavy atom. The smallest absolute Gasteiger partial charge is 0.254 e. The van der Waals surface area contributed by atoms with E-state index < -0.39 is 0 Å². The highest BCUT2D eigenvalue weighted by molar-refractivity contribution is 5.97. The van der Waals surface area contributed by atoms with Gasteiger partial charge in [-0.1, -0.05) is 0 Å². The number of aromatic nitrogens is 2. The molecule has 1 aromatic heterocycles. The highest BCUT2D eigenvalue weighted by Gasteiger charge is 2.40. The number of imidazole rings is 1. The minimum absolute atomic E-state index is 0.0663. The maximum absolute atomic E-state index is 13.0. The first-order chi connectivity index (χ1) is 11.3. The fraction of sp³-hybridized carbons (Fsp3) is 0.529. The number of fused-ring (bicyclic) bond motifs is 2. The van der Waals surface area contributed by atoms with Crippen molar-refractivity contribution >= 4 is 16.9 Å².